The molecular formula is C33H36FNO4. The molecule has 6 heteroatoms. The lowest BCUT2D eigenvalue weighted by atomic mass is 9.57. The topological polar surface area (TPSA) is 68.7 Å². The van der Waals surface area contributed by atoms with Crippen LogP contribution in [0.2, 0.25) is 0 Å². The van der Waals surface area contributed by atoms with Gasteiger partial charge in [-0.15, -0.1) is 0 Å². The second-order valence-corrected chi connectivity index (χ2v) is 12.3. The van der Waals surface area contributed by atoms with E-state index in [1.165, 1.54) is 11.8 Å². The van der Waals surface area contributed by atoms with Gasteiger partial charge in [0.05, 0.1) is 19.2 Å². The number of rotatable bonds is 7. The summed E-state index contributed by atoms with van der Waals surface area (Å²) in [6.45, 7) is 4.98. The summed E-state index contributed by atoms with van der Waals surface area (Å²) >= 11 is 0. The van der Waals surface area contributed by atoms with E-state index in [0.29, 0.717) is 24.0 Å². The zero-order valence-corrected chi connectivity index (χ0v) is 22.9. The number of carboxylic acid groups (broad SMARTS) is 1. The van der Waals surface area contributed by atoms with Gasteiger partial charge in [-0.05, 0) is 89.8 Å². The maximum atomic E-state index is 15.0. The molecule has 5 nitrogen and oxygen atoms in total. The number of benzene rings is 2. The molecule has 6 rings (SSSR count). The van der Waals surface area contributed by atoms with Crippen molar-refractivity contribution in [3.63, 3.8) is 0 Å². The highest BCUT2D eigenvalue weighted by Gasteiger charge is 2.54. The Morgan fingerprint density at radius 2 is 1.92 bits per heavy atom. The van der Waals surface area contributed by atoms with Crippen LogP contribution in [0.1, 0.15) is 80.5 Å². The van der Waals surface area contributed by atoms with Gasteiger partial charge in [-0.25, -0.2) is 9.37 Å². The standard InChI is InChI=1S/C33H36FNO4/c1-32(2)12-4-5-26(32)24-15-20(6-9-23(24)25-17-30(38-3)35-18-29(25)34)19-39-22-8-7-21-10-13-33(28(21)16-22)14-11-27(33)31(36)37/h6-9,15-18,26-27H,4-5,10-14,19H2,1-3H3,(H,36,37)/t26-,27-,33-/m0/s1. The molecule has 1 N–H and O–H groups in total. The number of carbonyl (C=O) groups is 1. The number of aliphatic carboxylic acids is 1. The fourth-order valence-electron chi connectivity index (χ4n) is 7.48. The summed E-state index contributed by atoms with van der Waals surface area (Å²) in [6, 6.07) is 14.0. The van der Waals surface area contributed by atoms with E-state index < -0.39 is 5.97 Å². The molecule has 0 amide bonds. The molecule has 3 aliphatic rings. The molecule has 1 aromatic heterocycles. The fraction of sp³-hybridized carbons (Fsp3) is 0.455. The molecule has 39 heavy (non-hydrogen) atoms. The van der Waals surface area contributed by atoms with E-state index in [4.69, 9.17) is 9.47 Å². The van der Waals surface area contributed by atoms with Crippen LogP contribution in [0, 0.1) is 17.2 Å². The first-order chi connectivity index (χ1) is 18.7. The van der Waals surface area contributed by atoms with Crippen molar-refractivity contribution in [3.05, 3.63) is 76.7 Å². The van der Waals surface area contributed by atoms with E-state index in [0.717, 1.165) is 72.9 Å². The normalized spacial score (nSPS) is 24.8. The number of ether oxygens (including phenoxy) is 2. The average molecular weight is 530 g/mol. The van der Waals surface area contributed by atoms with Gasteiger partial charge in [0.15, 0.2) is 0 Å². The molecule has 3 aromatic rings. The molecule has 3 atom stereocenters. The van der Waals surface area contributed by atoms with Gasteiger partial charge < -0.3 is 14.6 Å². The molecule has 0 radical (unpaired) electrons. The number of methoxy groups -OCH3 is 1. The number of fused-ring (bicyclic) bond motifs is 2. The summed E-state index contributed by atoms with van der Waals surface area (Å²) in [5.41, 5.74) is 5.82. The van der Waals surface area contributed by atoms with Crippen LogP contribution in [0.5, 0.6) is 11.6 Å². The van der Waals surface area contributed by atoms with Crippen LogP contribution >= 0.6 is 0 Å². The summed E-state index contributed by atoms with van der Waals surface area (Å²) in [6.07, 6.45) is 8.08. The number of aromatic nitrogens is 1. The minimum Gasteiger partial charge on any atom is -0.489 e. The molecule has 0 unspecified atom stereocenters. The predicted octanol–water partition coefficient (Wildman–Crippen LogP) is 7.45. The Balaban J connectivity index is 1.31. The highest BCUT2D eigenvalue weighted by atomic mass is 19.1. The van der Waals surface area contributed by atoms with E-state index in [-0.39, 0.29) is 22.6 Å². The Morgan fingerprint density at radius 3 is 2.62 bits per heavy atom. The monoisotopic (exact) mass is 529 g/mol. The molecule has 0 bridgehead atoms. The Morgan fingerprint density at radius 1 is 1.08 bits per heavy atom. The number of aryl methyl sites for hydroxylation is 1. The zero-order chi connectivity index (χ0) is 27.4. The minimum absolute atomic E-state index is 0.111. The number of nitrogens with zero attached hydrogens (tertiary/aromatic N) is 1. The van der Waals surface area contributed by atoms with Gasteiger partial charge in [-0.3, -0.25) is 4.79 Å². The predicted molar refractivity (Wildman–Crippen MR) is 148 cm³/mol. The van der Waals surface area contributed by atoms with Gasteiger partial charge in [-0.1, -0.05) is 44.5 Å². The van der Waals surface area contributed by atoms with Crippen LogP contribution in [0.3, 0.4) is 0 Å². The molecule has 1 spiro atoms. The average Bonchev–Trinajstić information content (AvgIpc) is 3.47. The van der Waals surface area contributed by atoms with Crippen molar-refractivity contribution in [3.8, 4) is 22.8 Å². The van der Waals surface area contributed by atoms with Gasteiger partial charge >= 0.3 is 5.97 Å². The van der Waals surface area contributed by atoms with Crippen molar-refractivity contribution in [1.82, 2.24) is 4.98 Å². The first kappa shape index (κ1) is 25.8. The van der Waals surface area contributed by atoms with Crippen molar-refractivity contribution in [2.45, 2.75) is 76.7 Å². The number of pyridine rings is 1. The molecule has 204 valence electrons. The summed E-state index contributed by atoms with van der Waals surface area (Å²) in [7, 11) is 1.54. The lowest BCUT2D eigenvalue weighted by Crippen LogP contribution is -2.46. The van der Waals surface area contributed by atoms with Crippen LogP contribution in [-0.4, -0.2) is 23.2 Å². The Bertz CT molecular complexity index is 1430. The maximum Gasteiger partial charge on any atom is 0.307 e. The smallest absolute Gasteiger partial charge is 0.307 e. The van der Waals surface area contributed by atoms with Crippen LogP contribution in [-0.2, 0) is 23.2 Å². The second-order valence-electron chi connectivity index (χ2n) is 12.3. The molecular weight excluding hydrogens is 493 g/mol. The Labute approximate surface area is 229 Å². The summed E-state index contributed by atoms with van der Waals surface area (Å²) in [4.78, 5) is 15.9. The SMILES string of the molecule is COc1cc(-c2ccc(COc3ccc4c(c3)[C@@]3(CC4)CC[C@H]3C(=O)O)cc2[C@@H]2CCCC2(C)C)c(F)cn1. The van der Waals surface area contributed by atoms with Crippen molar-refractivity contribution in [2.75, 3.05) is 7.11 Å². The van der Waals surface area contributed by atoms with Gasteiger partial charge in [0.2, 0.25) is 5.88 Å². The second kappa shape index (κ2) is 9.65. The molecule has 2 aromatic carbocycles. The summed E-state index contributed by atoms with van der Waals surface area (Å²) in [5, 5.41) is 9.74. The molecule has 2 fully saturated rings. The number of carboxylic acids is 1. The highest BCUT2D eigenvalue weighted by Crippen LogP contribution is 2.57. The molecule has 3 aliphatic carbocycles. The third kappa shape index (κ3) is 4.38. The molecule has 0 aliphatic heterocycles. The van der Waals surface area contributed by atoms with Gasteiger partial charge in [0.1, 0.15) is 18.2 Å². The van der Waals surface area contributed by atoms with Crippen LogP contribution in [0.15, 0.2) is 48.7 Å². The number of halogens is 1. The number of hydrogen-bond donors (Lipinski definition) is 1. The zero-order valence-electron chi connectivity index (χ0n) is 22.9. The number of hydrogen-bond acceptors (Lipinski definition) is 4. The maximum absolute atomic E-state index is 15.0. The van der Waals surface area contributed by atoms with Crippen molar-refractivity contribution in [2.24, 2.45) is 11.3 Å². The third-order valence-electron chi connectivity index (χ3n) is 9.79. The highest BCUT2D eigenvalue weighted by molar-refractivity contribution is 5.75. The lowest BCUT2D eigenvalue weighted by molar-refractivity contribution is -0.149. The lowest BCUT2D eigenvalue weighted by Gasteiger charge is -2.45. The van der Waals surface area contributed by atoms with E-state index in [2.05, 4.69) is 37.0 Å². The quantitative estimate of drug-likeness (QED) is 0.344. The van der Waals surface area contributed by atoms with Crippen LogP contribution < -0.4 is 9.47 Å². The van der Waals surface area contributed by atoms with E-state index in [1.54, 1.807) is 13.2 Å². The molecule has 0 saturated heterocycles. The third-order valence-corrected chi connectivity index (χ3v) is 9.79. The Kier molecular flexibility index (Phi) is 6.40. The first-order valence-corrected chi connectivity index (χ1v) is 14.0. The van der Waals surface area contributed by atoms with Crippen LogP contribution in [0.4, 0.5) is 4.39 Å². The minimum atomic E-state index is -0.689. The summed E-state index contributed by atoms with van der Waals surface area (Å²) < 4.78 is 26.6. The van der Waals surface area contributed by atoms with Gasteiger partial charge in [0, 0.05) is 17.0 Å². The van der Waals surface area contributed by atoms with Gasteiger partial charge in [-0.2, -0.15) is 0 Å². The van der Waals surface area contributed by atoms with Crippen LogP contribution in [0.25, 0.3) is 11.1 Å². The Hall–Kier alpha value is -3.41. The van der Waals surface area contributed by atoms with E-state index in [1.807, 2.05) is 18.2 Å². The first-order valence-electron chi connectivity index (χ1n) is 14.0. The largest absolute Gasteiger partial charge is 0.489 e. The fourth-order valence-corrected chi connectivity index (χ4v) is 7.48. The van der Waals surface area contributed by atoms with E-state index >= 15 is 4.39 Å². The molecule has 1 heterocycles. The van der Waals surface area contributed by atoms with E-state index in [9.17, 15) is 9.90 Å². The van der Waals surface area contributed by atoms with Crippen molar-refractivity contribution in [1.29, 1.82) is 0 Å². The van der Waals surface area contributed by atoms with Crippen molar-refractivity contribution >= 4 is 5.97 Å². The summed E-state index contributed by atoms with van der Waals surface area (Å²) in [5.74, 6) is 0.110. The van der Waals surface area contributed by atoms with Gasteiger partial charge in [0.25, 0.3) is 0 Å². The van der Waals surface area contributed by atoms with Crippen molar-refractivity contribution < 1.29 is 23.8 Å². The molecule has 2 saturated carbocycles.